The van der Waals surface area contributed by atoms with Crippen LogP contribution in [0.5, 0.6) is 0 Å². The van der Waals surface area contributed by atoms with E-state index in [0.29, 0.717) is 10.7 Å². The van der Waals surface area contributed by atoms with Crippen molar-refractivity contribution in [2.75, 3.05) is 0 Å². The summed E-state index contributed by atoms with van der Waals surface area (Å²) in [5, 5.41) is 9.29. The number of amides is 1. The number of fused-ring (bicyclic) bond motifs is 1. The van der Waals surface area contributed by atoms with E-state index in [2.05, 4.69) is 10.3 Å². The maximum absolute atomic E-state index is 11.0. The molecule has 7 heteroatoms. The van der Waals surface area contributed by atoms with E-state index in [4.69, 9.17) is 22.2 Å². The zero-order valence-corrected chi connectivity index (χ0v) is 14.6. The number of nitrogens with two attached hydrogens (primary N) is 1. The van der Waals surface area contributed by atoms with Gasteiger partial charge in [0.2, 0.25) is 0 Å². The minimum atomic E-state index is -0.956. The van der Waals surface area contributed by atoms with Gasteiger partial charge in [-0.25, -0.2) is 9.31 Å². The molecule has 0 bridgehead atoms. The van der Waals surface area contributed by atoms with Crippen molar-refractivity contribution >= 4 is 28.9 Å². The lowest BCUT2D eigenvalue weighted by Crippen LogP contribution is -2.15. The summed E-state index contributed by atoms with van der Waals surface area (Å²) >= 11 is 5.99. The first-order valence-corrected chi connectivity index (χ1v) is 8.13. The molecule has 2 N–H and O–H groups in total. The smallest absolute Gasteiger partial charge is 0.333 e. The largest absolute Gasteiger partial charge is 0.430 e. The number of benzene rings is 1. The van der Waals surface area contributed by atoms with E-state index < -0.39 is 6.09 Å². The van der Waals surface area contributed by atoms with E-state index in [1.807, 2.05) is 50.4 Å². The normalized spacial score (nSPS) is 11.9. The van der Waals surface area contributed by atoms with E-state index in [-0.39, 0.29) is 5.92 Å². The number of hydrogen-bond acceptors (Lipinski definition) is 4. The Morgan fingerprint density at radius 1 is 1.24 bits per heavy atom. The van der Waals surface area contributed by atoms with Gasteiger partial charge >= 0.3 is 6.09 Å². The molecule has 0 spiro atoms. The number of rotatable bonds is 4. The molecule has 25 heavy (non-hydrogen) atoms. The number of pyridine rings is 1. The summed E-state index contributed by atoms with van der Waals surface area (Å²) in [5.74, 6) is -0.0152. The van der Waals surface area contributed by atoms with Gasteiger partial charge in [-0.2, -0.15) is 5.10 Å². The van der Waals surface area contributed by atoms with E-state index >= 15 is 0 Å². The zero-order chi connectivity index (χ0) is 18.0. The van der Waals surface area contributed by atoms with Crippen molar-refractivity contribution in [1.82, 2.24) is 9.61 Å². The van der Waals surface area contributed by atoms with Gasteiger partial charge in [-0.1, -0.05) is 48.8 Å². The van der Waals surface area contributed by atoms with Crippen LogP contribution in [0.3, 0.4) is 0 Å². The van der Waals surface area contributed by atoms with Gasteiger partial charge in [-0.05, 0) is 30.2 Å². The number of carbonyl (C=O) groups excluding carboxylic acids is 1. The number of hydrogen-bond donors (Lipinski definition) is 1. The van der Waals surface area contributed by atoms with Gasteiger partial charge in [-0.3, -0.25) is 4.84 Å². The minimum Gasteiger partial charge on any atom is -0.333 e. The molecule has 0 unspecified atom stereocenters. The average molecular weight is 357 g/mol. The van der Waals surface area contributed by atoms with Gasteiger partial charge < -0.3 is 5.73 Å². The van der Waals surface area contributed by atoms with Crippen LogP contribution in [0.2, 0.25) is 5.02 Å². The Balaban J connectivity index is 2.27. The first kappa shape index (κ1) is 17.0. The van der Waals surface area contributed by atoms with Crippen LogP contribution in [-0.2, 0) is 4.84 Å². The second-order valence-corrected chi connectivity index (χ2v) is 6.24. The summed E-state index contributed by atoms with van der Waals surface area (Å²) in [6.45, 7) is 3.92. The van der Waals surface area contributed by atoms with Crippen LogP contribution in [0.15, 0.2) is 53.8 Å². The quantitative estimate of drug-likeness (QED) is 0.434. The van der Waals surface area contributed by atoms with E-state index in [9.17, 15) is 4.79 Å². The second kappa shape index (κ2) is 6.94. The average Bonchev–Trinajstić information content (AvgIpc) is 2.95. The Morgan fingerprint density at radius 3 is 2.60 bits per heavy atom. The summed E-state index contributed by atoms with van der Waals surface area (Å²) in [4.78, 5) is 15.7. The predicted octanol–water partition coefficient (Wildman–Crippen LogP) is 4.11. The third-order valence-electron chi connectivity index (χ3n) is 3.69. The number of carbonyl (C=O) groups is 1. The third-order valence-corrected chi connectivity index (χ3v) is 3.95. The third kappa shape index (κ3) is 3.49. The molecule has 0 aliphatic carbocycles. The van der Waals surface area contributed by atoms with Gasteiger partial charge in [0.25, 0.3) is 0 Å². The minimum absolute atomic E-state index is 0.0152. The molecule has 2 aromatic heterocycles. The molecule has 0 aliphatic heterocycles. The number of halogens is 1. The van der Waals surface area contributed by atoms with E-state index in [0.717, 1.165) is 22.3 Å². The fourth-order valence-corrected chi connectivity index (χ4v) is 2.72. The number of oxime groups is 1. The Kier molecular flexibility index (Phi) is 4.72. The van der Waals surface area contributed by atoms with Gasteiger partial charge in [0, 0.05) is 16.8 Å². The molecule has 0 saturated carbocycles. The summed E-state index contributed by atoms with van der Waals surface area (Å²) < 4.78 is 1.77. The van der Waals surface area contributed by atoms with Crippen LogP contribution < -0.4 is 5.73 Å². The molecule has 0 atom stereocenters. The van der Waals surface area contributed by atoms with Crippen LogP contribution in [0.25, 0.3) is 16.8 Å². The first-order chi connectivity index (χ1) is 12.0. The van der Waals surface area contributed by atoms with Crippen molar-refractivity contribution in [3.63, 3.8) is 0 Å². The summed E-state index contributed by atoms with van der Waals surface area (Å²) in [5.41, 5.74) is 8.91. The van der Waals surface area contributed by atoms with E-state index in [1.54, 1.807) is 16.6 Å². The highest BCUT2D eigenvalue weighted by Crippen LogP contribution is 2.29. The molecule has 0 fully saturated rings. The lowest BCUT2D eigenvalue weighted by Gasteiger charge is -2.10. The molecule has 3 aromatic rings. The zero-order valence-electron chi connectivity index (χ0n) is 13.8. The van der Waals surface area contributed by atoms with E-state index in [1.165, 1.54) is 0 Å². The highest BCUT2D eigenvalue weighted by atomic mass is 35.5. The van der Waals surface area contributed by atoms with Crippen molar-refractivity contribution in [3.8, 4) is 11.3 Å². The van der Waals surface area contributed by atoms with Gasteiger partial charge in [0.1, 0.15) is 5.69 Å². The molecule has 0 saturated heterocycles. The van der Waals surface area contributed by atoms with Crippen LogP contribution in [0.1, 0.15) is 19.4 Å². The Hall–Kier alpha value is -2.86. The van der Waals surface area contributed by atoms with Gasteiger partial charge in [0.05, 0.1) is 16.8 Å². The van der Waals surface area contributed by atoms with Crippen molar-refractivity contribution in [2.24, 2.45) is 16.8 Å². The number of aromatic nitrogens is 2. The molecule has 128 valence electrons. The van der Waals surface area contributed by atoms with Crippen molar-refractivity contribution in [3.05, 3.63) is 59.2 Å². The first-order valence-electron chi connectivity index (χ1n) is 7.75. The maximum Gasteiger partial charge on any atom is 0.430 e. The predicted molar refractivity (Wildman–Crippen MR) is 97.7 cm³/mol. The Morgan fingerprint density at radius 2 is 1.96 bits per heavy atom. The van der Waals surface area contributed by atoms with Crippen LogP contribution >= 0.6 is 11.6 Å². The highest BCUT2D eigenvalue weighted by Gasteiger charge is 2.22. The van der Waals surface area contributed by atoms with Crippen LogP contribution in [0.4, 0.5) is 4.79 Å². The molecular formula is C18H17ClN4O2. The monoisotopic (exact) mass is 356 g/mol. The fraction of sp³-hybridized carbons (Fsp3) is 0.167. The standard InChI is InChI=1S/C18H17ClN4O2/c1-11(2)16(22-25-18(20)24)15-14-5-3-4-10-23(14)21-17(15)12-6-8-13(19)9-7-12/h3-11H,1-2H3,(H2,20,24). The lowest BCUT2D eigenvalue weighted by molar-refractivity contribution is 0.161. The maximum atomic E-state index is 11.0. The van der Waals surface area contributed by atoms with Crippen LogP contribution in [-0.4, -0.2) is 21.4 Å². The van der Waals surface area contributed by atoms with Gasteiger partial charge in [-0.15, -0.1) is 0 Å². The molecule has 2 heterocycles. The lowest BCUT2D eigenvalue weighted by atomic mass is 9.96. The SMILES string of the molecule is CC(C)C(=NOC(N)=O)c1c(-c2ccc(Cl)cc2)nn2ccccc12. The number of nitrogens with zero attached hydrogens (tertiary/aromatic N) is 3. The van der Waals surface area contributed by atoms with Crippen molar-refractivity contribution < 1.29 is 9.63 Å². The second-order valence-electron chi connectivity index (χ2n) is 5.80. The van der Waals surface area contributed by atoms with Crippen molar-refractivity contribution in [1.29, 1.82) is 0 Å². The highest BCUT2D eigenvalue weighted by molar-refractivity contribution is 6.30. The number of primary amides is 1. The summed E-state index contributed by atoms with van der Waals surface area (Å²) in [6.07, 6.45) is 0.896. The Bertz CT molecular complexity index is 945. The molecule has 3 rings (SSSR count). The fourth-order valence-electron chi connectivity index (χ4n) is 2.59. The summed E-state index contributed by atoms with van der Waals surface area (Å²) in [7, 11) is 0. The molecule has 1 amide bonds. The topological polar surface area (TPSA) is 82.0 Å². The van der Waals surface area contributed by atoms with Crippen molar-refractivity contribution in [2.45, 2.75) is 13.8 Å². The van der Waals surface area contributed by atoms with Gasteiger partial charge in [0.15, 0.2) is 0 Å². The Labute approximate surface area is 149 Å². The summed E-state index contributed by atoms with van der Waals surface area (Å²) in [6, 6.07) is 13.1. The molecule has 0 radical (unpaired) electrons. The molecule has 0 aliphatic rings. The molecule has 1 aromatic carbocycles. The van der Waals surface area contributed by atoms with Crippen LogP contribution in [0, 0.1) is 5.92 Å². The molecule has 6 nitrogen and oxygen atoms in total. The molecular weight excluding hydrogens is 340 g/mol.